The minimum absolute atomic E-state index is 0.0834. The molecule has 0 fully saturated rings. The highest BCUT2D eigenvalue weighted by Crippen LogP contribution is 2.30. The SMILES string of the molecule is CCCCc1ccc(-c2nc(NC(=O)CSCC(=O)O)sc2C)cc1. The van der Waals surface area contributed by atoms with Gasteiger partial charge in [-0.05, 0) is 25.3 Å². The first-order chi connectivity index (χ1) is 12.0. The summed E-state index contributed by atoms with van der Waals surface area (Å²) in [4.78, 5) is 27.9. The molecule has 25 heavy (non-hydrogen) atoms. The molecule has 5 nitrogen and oxygen atoms in total. The second kappa shape index (κ2) is 9.58. The van der Waals surface area contributed by atoms with Crippen molar-refractivity contribution in [1.82, 2.24) is 4.98 Å². The Morgan fingerprint density at radius 3 is 2.60 bits per heavy atom. The van der Waals surface area contributed by atoms with Crippen LogP contribution in [0.4, 0.5) is 5.13 Å². The largest absolute Gasteiger partial charge is 0.481 e. The van der Waals surface area contributed by atoms with Crippen molar-refractivity contribution in [3.8, 4) is 11.3 Å². The molecule has 0 atom stereocenters. The molecule has 0 aliphatic rings. The first-order valence-corrected chi connectivity index (χ1v) is 10.1. The maximum atomic E-state index is 11.8. The number of nitrogens with zero attached hydrogens (tertiary/aromatic N) is 1. The second-order valence-electron chi connectivity index (χ2n) is 5.66. The molecular weight excluding hydrogens is 356 g/mol. The van der Waals surface area contributed by atoms with E-state index in [1.54, 1.807) is 0 Å². The predicted molar refractivity (Wildman–Crippen MR) is 104 cm³/mol. The number of carboxylic acids is 1. The zero-order valence-electron chi connectivity index (χ0n) is 14.4. The number of aliphatic carboxylic acids is 1. The minimum atomic E-state index is -0.924. The van der Waals surface area contributed by atoms with E-state index in [1.807, 2.05) is 6.92 Å². The highest BCUT2D eigenvalue weighted by atomic mass is 32.2. The standard InChI is InChI=1S/C18H22N2O3S2/c1-3-4-5-13-6-8-14(9-7-13)17-12(2)25-18(20-17)19-15(21)10-24-11-16(22)23/h6-9H,3-5,10-11H2,1-2H3,(H,22,23)(H,19,20,21). The van der Waals surface area contributed by atoms with Gasteiger partial charge in [-0.25, -0.2) is 4.98 Å². The molecule has 1 aromatic carbocycles. The molecule has 2 aromatic rings. The van der Waals surface area contributed by atoms with Gasteiger partial charge in [0, 0.05) is 10.4 Å². The molecule has 0 saturated carbocycles. The Kier molecular flexibility index (Phi) is 7.46. The van der Waals surface area contributed by atoms with Crippen molar-refractivity contribution in [3.05, 3.63) is 34.7 Å². The van der Waals surface area contributed by atoms with Gasteiger partial charge in [0.25, 0.3) is 0 Å². The van der Waals surface area contributed by atoms with Gasteiger partial charge in [-0.15, -0.1) is 23.1 Å². The number of carbonyl (C=O) groups excluding carboxylic acids is 1. The van der Waals surface area contributed by atoms with Gasteiger partial charge in [0.2, 0.25) is 5.91 Å². The highest BCUT2D eigenvalue weighted by molar-refractivity contribution is 8.00. The molecule has 0 radical (unpaired) electrons. The lowest BCUT2D eigenvalue weighted by Gasteiger charge is -2.03. The van der Waals surface area contributed by atoms with Gasteiger partial charge in [0.15, 0.2) is 5.13 Å². The number of anilines is 1. The van der Waals surface area contributed by atoms with Gasteiger partial charge in [-0.1, -0.05) is 37.6 Å². The monoisotopic (exact) mass is 378 g/mol. The number of rotatable bonds is 9. The molecule has 0 bridgehead atoms. The smallest absolute Gasteiger partial charge is 0.313 e. The average molecular weight is 379 g/mol. The zero-order valence-corrected chi connectivity index (χ0v) is 16.0. The third-order valence-electron chi connectivity index (χ3n) is 3.55. The number of amides is 1. The number of carboxylic acid groups (broad SMARTS) is 1. The van der Waals surface area contributed by atoms with E-state index in [-0.39, 0.29) is 17.4 Å². The molecule has 0 saturated heterocycles. The molecule has 1 heterocycles. The molecule has 0 spiro atoms. The number of benzene rings is 1. The Bertz CT molecular complexity index is 726. The number of aromatic nitrogens is 1. The summed E-state index contributed by atoms with van der Waals surface area (Å²) in [5, 5.41) is 11.9. The number of unbranched alkanes of at least 4 members (excludes halogenated alkanes) is 1. The third kappa shape index (κ3) is 6.17. The van der Waals surface area contributed by atoms with Crippen molar-refractivity contribution in [3.63, 3.8) is 0 Å². The van der Waals surface area contributed by atoms with Gasteiger partial charge in [0.1, 0.15) is 0 Å². The summed E-state index contributed by atoms with van der Waals surface area (Å²) >= 11 is 2.50. The fraction of sp³-hybridized carbons (Fsp3) is 0.389. The van der Waals surface area contributed by atoms with Crippen LogP contribution in [0.3, 0.4) is 0 Å². The van der Waals surface area contributed by atoms with E-state index in [4.69, 9.17) is 5.11 Å². The van der Waals surface area contributed by atoms with E-state index >= 15 is 0 Å². The topological polar surface area (TPSA) is 79.3 Å². The van der Waals surface area contributed by atoms with Crippen molar-refractivity contribution in [2.45, 2.75) is 33.1 Å². The number of hydrogen-bond donors (Lipinski definition) is 2. The summed E-state index contributed by atoms with van der Waals surface area (Å²) in [5.41, 5.74) is 3.23. The summed E-state index contributed by atoms with van der Waals surface area (Å²) in [6.07, 6.45) is 3.45. The van der Waals surface area contributed by atoms with Gasteiger partial charge in [0.05, 0.1) is 17.2 Å². The fourth-order valence-corrected chi connectivity index (χ4v) is 3.70. The summed E-state index contributed by atoms with van der Waals surface area (Å²) in [7, 11) is 0. The predicted octanol–water partition coefficient (Wildman–Crippen LogP) is 4.22. The molecule has 0 aliphatic carbocycles. The highest BCUT2D eigenvalue weighted by Gasteiger charge is 2.12. The Morgan fingerprint density at radius 2 is 1.96 bits per heavy atom. The van der Waals surface area contributed by atoms with E-state index in [2.05, 4.69) is 41.5 Å². The zero-order chi connectivity index (χ0) is 18.2. The van der Waals surface area contributed by atoms with Crippen molar-refractivity contribution in [1.29, 1.82) is 0 Å². The minimum Gasteiger partial charge on any atom is -0.481 e. The van der Waals surface area contributed by atoms with Crippen LogP contribution in [0.5, 0.6) is 0 Å². The Hall–Kier alpha value is -1.86. The van der Waals surface area contributed by atoms with Gasteiger partial charge < -0.3 is 10.4 Å². The summed E-state index contributed by atoms with van der Waals surface area (Å²) in [6.45, 7) is 4.16. The molecule has 0 unspecified atom stereocenters. The van der Waals surface area contributed by atoms with Gasteiger partial charge in [-0.2, -0.15) is 0 Å². The van der Waals surface area contributed by atoms with E-state index < -0.39 is 5.97 Å². The fourth-order valence-electron chi connectivity index (χ4n) is 2.31. The molecule has 7 heteroatoms. The summed E-state index contributed by atoms with van der Waals surface area (Å²) < 4.78 is 0. The number of hydrogen-bond acceptors (Lipinski definition) is 5. The van der Waals surface area contributed by atoms with E-state index in [0.717, 1.165) is 34.3 Å². The van der Waals surface area contributed by atoms with E-state index in [9.17, 15) is 9.59 Å². The molecule has 2 rings (SSSR count). The van der Waals surface area contributed by atoms with Gasteiger partial charge >= 0.3 is 5.97 Å². The Balaban J connectivity index is 1.99. The lowest BCUT2D eigenvalue weighted by molar-refractivity contribution is -0.133. The average Bonchev–Trinajstić information content (AvgIpc) is 2.93. The van der Waals surface area contributed by atoms with Crippen molar-refractivity contribution in [2.75, 3.05) is 16.8 Å². The molecule has 134 valence electrons. The van der Waals surface area contributed by atoms with Crippen LogP contribution in [0.15, 0.2) is 24.3 Å². The van der Waals surface area contributed by atoms with Crippen LogP contribution < -0.4 is 5.32 Å². The Labute approximate surface area is 155 Å². The van der Waals surface area contributed by atoms with Crippen LogP contribution in [0.2, 0.25) is 0 Å². The Morgan fingerprint density at radius 1 is 1.24 bits per heavy atom. The van der Waals surface area contributed by atoms with Crippen LogP contribution in [0.25, 0.3) is 11.3 Å². The number of nitrogens with one attached hydrogen (secondary N) is 1. The summed E-state index contributed by atoms with van der Waals surface area (Å²) in [6, 6.07) is 8.40. The lowest BCUT2D eigenvalue weighted by atomic mass is 10.0. The maximum absolute atomic E-state index is 11.8. The number of thiazole rings is 1. The third-order valence-corrected chi connectivity index (χ3v) is 5.35. The lowest BCUT2D eigenvalue weighted by Crippen LogP contribution is -2.15. The van der Waals surface area contributed by atoms with Crippen LogP contribution in [-0.2, 0) is 16.0 Å². The molecule has 0 aliphatic heterocycles. The van der Waals surface area contributed by atoms with Crippen molar-refractivity contribution >= 4 is 40.1 Å². The van der Waals surface area contributed by atoms with E-state index in [1.165, 1.54) is 29.7 Å². The first-order valence-electron chi connectivity index (χ1n) is 8.15. The van der Waals surface area contributed by atoms with Crippen LogP contribution in [0.1, 0.15) is 30.2 Å². The second-order valence-corrected chi connectivity index (χ2v) is 7.85. The number of aryl methyl sites for hydroxylation is 2. The van der Waals surface area contributed by atoms with Crippen LogP contribution in [-0.4, -0.2) is 33.5 Å². The van der Waals surface area contributed by atoms with Gasteiger partial charge in [-0.3, -0.25) is 9.59 Å². The molecular formula is C18H22N2O3S2. The van der Waals surface area contributed by atoms with Crippen LogP contribution in [0, 0.1) is 6.92 Å². The number of thioether (sulfide) groups is 1. The normalized spacial score (nSPS) is 10.6. The first kappa shape index (κ1) is 19.5. The molecule has 1 amide bonds. The quantitative estimate of drug-likeness (QED) is 0.683. The molecule has 2 N–H and O–H groups in total. The maximum Gasteiger partial charge on any atom is 0.313 e. The molecule has 1 aromatic heterocycles. The summed E-state index contributed by atoms with van der Waals surface area (Å²) in [5.74, 6) is -1.14. The van der Waals surface area contributed by atoms with Crippen molar-refractivity contribution in [2.24, 2.45) is 0 Å². The number of carbonyl (C=O) groups is 2. The van der Waals surface area contributed by atoms with Crippen LogP contribution >= 0.6 is 23.1 Å². The van der Waals surface area contributed by atoms with E-state index in [0.29, 0.717) is 5.13 Å². The van der Waals surface area contributed by atoms with Crippen molar-refractivity contribution < 1.29 is 14.7 Å².